The molecule has 0 unspecified atom stereocenters. The molecule has 1 fully saturated rings. The second kappa shape index (κ2) is 7.64. The van der Waals surface area contributed by atoms with Gasteiger partial charge in [0.05, 0.1) is 5.69 Å². The number of nitrogens with zero attached hydrogens (tertiary/aromatic N) is 4. The highest BCUT2D eigenvalue weighted by atomic mass is 32.1. The zero-order chi connectivity index (χ0) is 17.1. The van der Waals surface area contributed by atoms with E-state index in [4.69, 9.17) is 5.11 Å². The van der Waals surface area contributed by atoms with Crippen LogP contribution in [0.25, 0.3) is 10.1 Å². The molecule has 3 heterocycles. The predicted octanol–water partition coefficient (Wildman–Crippen LogP) is 2.94. The number of fused-ring (bicyclic) bond motifs is 1. The van der Waals surface area contributed by atoms with Gasteiger partial charge in [0, 0.05) is 41.9 Å². The van der Waals surface area contributed by atoms with Gasteiger partial charge in [0.2, 0.25) is 0 Å². The number of benzene rings is 1. The summed E-state index contributed by atoms with van der Waals surface area (Å²) in [5.74, 6) is 0.669. The van der Waals surface area contributed by atoms with Gasteiger partial charge in [0.25, 0.3) is 0 Å². The highest BCUT2D eigenvalue weighted by Gasteiger charge is 2.20. The van der Waals surface area contributed by atoms with E-state index in [0.717, 1.165) is 31.9 Å². The fraction of sp³-hybridized carbons (Fsp3) is 0.474. The van der Waals surface area contributed by atoms with Crippen LogP contribution in [-0.4, -0.2) is 44.7 Å². The number of hydrogen-bond acceptors (Lipinski definition) is 5. The number of aliphatic hydroxyl groups excluding tert-OH is 1. The summed E-state index contributed by atoms with van der Waals surface area (Å²) in [4.78, 5) is 4.03. The molecule has 1 saturated heterocycles. The maximum Gasteiger partial charge on any atom is 0.0849 e. The van der Waals surface area contributed by atoms with Crippen molar-refractivity contribution in [2.24, 2.45) is 5.92 Å². The Hall–Kier alpha value is -1.76. The van der Waals surface area contributed by atoms with Crippen LogP contribution in [-0.2, 0) is 19.5 Å². The molecule has 1 aliphatic rings. The van der Waals surface area contributed by atoms with Crippen LogP contribution >= 0.6 is 11.3 Å². The van der Waals surface area contributed by atoms with E-state index in [2.05, 4.69) is 45.5 Å². The minimum absolute atomic E-state index is 0.134. The smallest absolute Gasteiger partial charge is 0.0849 e. The van der Waals surface area contributed by atoms with Crippen LogP contribution in [0.3, 0.4) is 0 Å². The van der Waals surface area contributed by atoms with Gasteiger partial charge in [-0.05, 0) is 49.4 Å². The second-order valence-electron chi connectivity index (χ2n) is 6.88. The third-order valence-electron chi connectivity index (χ3n) is 4.96. The molecule has 4 rings (SSSR count). The molecule has 6 heteroatoms. The second-order valence-corrected chi connectivity index (χ2v) is 8.04. The first-order valence-electron chi connectivity index (χ1n) is 9.00. The minimum atomic E-state index is 0.134. The largest absolute Gasteiger partial charge is 0.396 e. The van der Waals surface area contributed by atoms with Crippen LogP contribution in [0.1, 0.15) is 23.4 Å². The Labute approximate surface area is 151 Å². The third kappa shape index (κ3) is 4.08. The highest BCUT2D eigenvalue weighted by Crippen LogP contribution is 2.28. The summed E-state index contributed by atoms with van der Waals surface area (Å²) in [7, 11) is 0. The number of thiophene rings is 1. The van der Waals surface area contributed by atoms with E-state index in [1.54, 1.807) is 0 Å². The van der Waals surface area contributed by atoms with Gasteiger partial charge in [-0.2, -0.15) is 0 Å². The molecule has 0 radical (unpaired) electrons. The van der Waals surface area contributed by atoms with Gasteiger partial charge in [-0.15, -0.1) is 16.4 Å². The van der Waals surface area contributed by atoms with E-state index in [9.17, 15) is 0 Å². The zero-order valence-corrected chi connectivity index (χ0v) is 15.2. The molecule has 0 bridgehead atoms. The molecule has 0 atom stereocenters. The lowest BCUT2D eigenvalue weighted by Gasteiger charge is -2.31. The number of hydrogen-bond donors (Lipinski definition) is 1. The number of piperidine rings is 1. The Morgan fingerprint density at radius 3 is 2.84 bits per heavy atom. The highest BCUT2D eigenvalue weighted by molar-refractivity contribution is 7.19. The van der Waals surface area contributed by atoms with E-state index in [0.29, 0.717) is 12.3 Å². The first kappa shape index (κ1) is 16.7. The number of rotatable bonds is 6. The van der Waals surface area contributed by atoms with Crippen molar-refractivity contribution in [3.8, 4) is 0 Å². The molecule has 0 aliphatic carbocycles. The molecule has 1 aliphatic heterocycles. The monoisotopic (exact) mass is 356 g/mol. The summed E-state index contributed by atoms with van der Waals surface area (Å²) in [6, 6.07) is 11.0. The summed E-state index contributed by atoms with van der Waals surface area (Å²) in [6.07, 6.45) is 4.98. The number of likely N-dealkylation sites (tertiary alicyclic amines) is 1. The van der Waals surface area contributed by atoms with Crippen molar-refractivity contribution in [2.45, 2.75) is 32.4 Å². The molecular weight excluding hydrogens is 332 g/mol. The summed E-state index contributed by atoms with van der Waals surface area (Å²) < 4.78 is 3.33. The first-order chi connectivity index (χ1) is 12.3. The van der Waals surface area contributed by atoms with Crippen LogP contribution in [0.5, 0.6) is 0 Å². The van der Waals surface area contributed by atoms with Crippen molar-refractivity contribution in [2.75, 3.05) is 19.7 Å². The Morgan fingerprint density at radius 1 is 1.20 bits per heavy atom. The summed E-state index contributed by atoms with van der Waals surface area (Å²) >= 11 is 1.92. The van der Waals surface area contributed by atoms with Gasteiger partial charge in [-0.3, -0.25) is 9.58 Å². The van der Waals surface area contributed by atoms with E-state index < -0.39 is 0 Å². The van der Waals surface area contributed by atoms with Gasteiger partial charge in [-0.25, -0.2) is 0 Å². The average Bonchev–Trinajstić information content (AvgIpc) is 3.23. The molecule has 25 heavy (non-hydrogen) atoms. The molecule has 5 nitrogen and oxygen atoms in total. The van der Waals surface area contributed by atoms with Crippen molar-refractivity contribution in [1.82, 2.24) is 19.9 Å². The lowest BCUT2D eigenvalue weighted by molar-refractivity contribution is 0.165. The predicted molar refractivity (Wildman–Crippen MR) is 101 cm³/mol. The average molecular weight is 356 g/mol. The van der Waals surface area contributed by atoms with Crippen LogP contribution in [0.15, 0.2) is 36.5 Å². The van der Waals surface area contributed by atoms with Gasteiger partial charge in [-0.1, -0.05) is 23.4 Å². The molecule has 3 aromatic rings. The maximum atomic E-state index is 8.97. The summed E-state index contributed by atoms with van der Waals surface area (Å²) in [6.45, 7) is 4.44. The summed E-state index contributed by atoms with van der Waals surface area (Å²) in [5.41, 5.74) is 0.879. The van der Waals surface area contributed by atoms with Gasteiger partial charge >= 0.3 is 0 Å². The Morgan fingerprint density at radius 2 is 2.04 bits per heavy atom. The fourth-order valence-electron chi connectivity index (χ4n) is 3.58. The normalized spacial score (nSPS) is 16.7. The van der Waals surface area contributed by atoms with E-state index in [-0.39, 0.29) is 6.61 Å². The molecule has 0 saturated carbocycles. The topological polar surface area (TPSA) is 54.2 Å². The first-order valence-corrected chi connectivity index (χ1v) is 9.81. The van der Waals surface area contributed by atoms with Crippen molar-refractivity contribution in [1.29, 1.82) is 0 Å². The lowest BCUT2D eigenvalue weighted by atomic mass is 9.97. The van der Waals surface area contributed by atoms with Crippen LogP contribution in [0.4, 0.5) is 0 Å². The minimum Gasteiger partial charge on any atom is -0.396 e. The lowest BCUT2D eigenvalue weighted by Crippen LogP contribution is -2.34. The number of aliphatic hydroxyl groups is 1. The van der Waals surface area contributed by atoms with Gasteiger partial charge in [0.1, 0.15) is 0 Å². The summed E-state index contributed by atoms with van der Waals surface area (Å²) in [5, 5.41) is 18.6. The molecule has 0 spiro atoms. The molecular formula is C19H24N4OS. The van der Waals surface area contributed by atoms with E-state index in [1.807, 2.05) is 22.2 Å². The Bertz CT molecular complexity index is 787. The van der Waals surface area contributed by atoms with E-state index >= 15 is 0 Å². The van der Waals surface area contributed by atoms with Crippen molar-refractivity contribution in [3.63, 3.8) is 0 Å². The van der Waals surface area contributed by atoms with Crippen molar-refractivity contribution < 1.29 is 5.11 Å². The quantitative estimate of drug-likeness (QED) is 0.738. The Kier molecular flexibility index (Phi) is 5.10. The zero-order valence-electron chi connectivity index (χ0n) is 14.3. The van der Waals surface area contributed by atoms with Crippen molar-refractivity contribution in [3.05, 3.63) is 47.1 Å². The van der Waals surface area contributed by atoms with Gasteiger partial charge in [0.15, 0.2) is 0 Å². The van der Waals surface area contributed by atoms with Crippen LogP contribution in [0, 0.1) is 5.92 Å². The van der Waals surface area contributed by atoms with E-state index in [1.165, 1.54) is 27.8 Å². The molecule has 0 amide bonds. The third-order valence-corrected chi connectivity index (χ3v) is 6.06. The van der Waals surface area contributed by atoms with Gasteiger partial charge < -0.3 is 5.11 Å². The van der Waals surface area contributed by atoms with Crippen LogP contribution in [0.2, 0.25) is 0 Å². The standard InChI is InChI=1S/C19H24N4OS/c24-10-7-17-13-23(21-20-17)12-15-5-8-22(9-6-15)14-18-11-16-3-1-2-4-19(16)25-18/h1-4,11,13,15,24H,5-10,12,14H2. The Balaban J connectivity index is 1.28. The maximum absolute atomic E-state index is 8.97. The molecule has 1 N–H and O–H groups in total. The van der Waals surface area contributed by atoms with Crippen molar-refractivity contribution >= 4 is 21.4 Å². The van der Waals surface area contributed by atoms with Crippen LogP contribution < -0.4 is 0 Å². The SMILES string of the molecule is OCCc1cn(CC2CCN(Cc3cc4ccccc4s3)CC2)nn1. The fourth-order valence-corrected chi connectivity index (χ4v) is 4.69. The molecule has 2 aromatic heterocycles. The molecule has 132 valence electrons. The number of aromatic nitrogens is 3. The molecule has 1 aromatic carbocycles.